The fourth-order valence-corrected chi connectivity index (χ4v) is 3.54. The maximum atomic E-state index is 12.6. The molecule has 0 saturated heterocycles. The van der Waals surface area contributed by atoms with Crippen molar-refractivity contribution in [1.29, 1.82) is 0 Å². The molecule has 0 amide bonds. The first-order chi connectivity index (χ1) is 11.7. The maximum Gasteiger partial charge on any atom is 0.330 e. The number of terminal acetylenes is 1. The van der Waals surface area contributed by atoms with E-state index >= 15 is 0 Å². The number of ether oxygens (including phenoxy) is 2. The molecule has 0 heterocycles. The molecular formula is C21H26O4. The zero-order chi connectivity index (χ0) is 18.8. The van der Waals surface area contributed by atoms with Crippen LogP contribution in [0.1, 0.15) is 40.5 Å². The first-order valence-electron chi connectivity index (χ1n) is 8.60. The number of allylic oxidation sites excluding steroid dienone is 2. The van der Waals surface area contributed by atoms with E-state index in [2.05, 4.69) is 12.5 Å². The minimum absolute atomic E-state index is 0.0246. The second-order valence-electron chi connectivity index (χ2n) is 7.21. The molecule has 4 nitrogen and oxygen atoms in total. The normalized spacial score (nSPS) is 27.3. The number of carbonyl (C=O) groups excluding carboxylic acids is 2. The first kappa shape index (κ1) is 19.1. The zero-order valence-corrected chi connectivity index (χ0v) is 15.4. The van der Waals surface area contributed by atoms with Crippen molar-refractivity contribution >= 4 is 11.9 Å². The summed E-state index contributed by atoms with van der Waals surface area (Å²) in [6.45, 7) is 12.1. The van der Waals surface area contributed by atoms with Crippen molar-refractivity contribution in [3.63, 3.8) is 0 Å². The Balaban J connectivity index is 2.01. The van der Waals surface area contributed by atoms with Crippen LogP contribution in [0.3, 0.4) is 0 Å². The van der Waals surface area contributed by atoms with Crippen molar-refractivity contribution < 1.29 is 19.1 Å². The third kappa shape index (κ3) is 3.87. The summed E-state index contributed by atoms with van der Waals surface area (Å²) < 4.78 is 10.6. The van der Waals surface area contributed by atoms with E-state index in [9.17, 15) is 9.59 Å². The van der Waals surface area contributed by atoms with Crippen molar-refractivity contribution in [2.45, 2.75) is 46.6 Å². The Morgan fingerprint density at radius 2 is 2.12 bits per heavy atom. The zero-order valence-electron chi connectivity index (χ0n) is 15.4. The fraction of sp³-hybridized carbons (Fsp3) is 0.524. The van der Waals surface area contributed by atoms with E-state index < -0.39 is 0 Å². The lowest BCUT2D eigenvalue weighted by Gasteiger charge is -2.14. The summed E-state index contributed by atoms with van der Waals surface area (Å²) in [4.78, 5) is 24.1. The summed E-state index contributed by atoms with van der Waals surface area (Å²) in [5.41, 5.74) is 2.74. The van der Waals surface area contributed by atoms with Crippen LogP contribution in [0.5, 0.6) is 0 Å². The van der Waals surface area contributed by atoms with Gasteiger partial charge >= 0.3 is 11.9 Å². The maximum absolute atomic E-state index is 12.6. The van der Waals surface area contributed by atoms with E-state index in [-0.39, 0.29) is 35.3 Å². The summed E-state index contributed by atoms with van der Waals surface area (Å²) in [5, 5.41) is 0. The Hall–Kier alpha value is -2.28. The van der Waals surface area contributed by atoms with Crippen molar-refractivity contribution in [2.24, 2.45) is 17.3 Å². The Morgan fingerprint density at radius 3 is 2.72 bits per heavy atom. The number of carbonyl (C=O) groups is 2. The number of hydrogen-bond donors (Lipinski definition) is 0. The van der Waals surface area contributed by atoms with E-state index in [4.69, 9.17) is 15.9 Å². The van der Waals surface area contributed by atoms with Crippen LogP contribution in [0.15, 0.2) is 35.5 Å². The van der Waals surface area contributed by atoms with Gasteiger partial charge in [-0.15, -0.1) is 12.3 Å². The minimum Gasteiger partial charge on any atom is -0.463 e. The lowest BCUT2D eigenvalue weighted by atomic mass is 10.1. The third-order valence-corrected chi connectivity index (χ3v) is 5.25. The van der Waals surface area contributed by atoms with Crippen molar-refractivity contribution in [1.82, 2.24) is 0 Å². The topological polar surface area (TPSA) is 52.6 Å². The predicted molar refractivity (Wildman–Crippen MR) is 96.3 cm³/mol. The largest absolute Gasteiger partial charge is 0.463 e. The molecule has 134 valence electrons. The van der Waals surface area contributed by atoms with Crippen LogP contribution in [-0.4, -0.2) is 24.6 Å². The van der Waals surface area contributed by atoms with Gasteiger partial charge in [-0.25, -0.2) is 4.79 Å². The molecule has 0 aliphatic heterocycles. The van der Waals surface area contributed by atoms with Crippen LogP contribution in [0.2, 0.25) is 0 Å². The van der Waals surface area contributed by atoms with E-state index in [0.717, 1.165) is 16.7 Å². The molecule has 3 atom stereocenters. The van der Waals surface area contributed by atoms with Crippen LogP contribution < -0.4 is 0 Å². The minimum atomic E-state index is -0.387. The van der Waals surface area contributed by atoms with Gasteiger partial charge in [-0.05, 0) is 41.9 Å². The van der Waals surface area contributed by atoms with Crippen molar-refractivity contribution in [3.05, 3.63) is 35.5 Å². The van der Waals surface area contributed by atoms with Gasteiger partial charge in [-0.3, -0.25) is 4.79 Å². The summed E-state index contributed by atoms with van der Waals surface area (Å²) in [6, 6.07) is 0. The van der Waals surface area contributed by atoms with Gasteiger partial charge < -0.3 is 9.47 Å². The molecule has 4 heteroatoms. The molecule has 1 saturated carbocycles. The summed E-state index contributed by atoms with van der Waals surface area (Å²) in [7, 11) is 0. The average Bonchev–Trinajstić information content (AvgIpc) is 2.99. The lowest BCUT2D eigenvalue weighted by molar-refractivity contribution is -0.149. The van der Waals surface area contributed by atoms with Gasteiger partial charge in [0.05, 0.1) is 12.5 Å². The van der Waals surface area contributed by atoms with Gasteiger partial charge in [0.2, 0.25) is 0 Å². The monoisotopic (exact) mass is 342 g/mol. The van der Waals surface area contributed by atoms with Crippen LogP contribution in [0.25, 0.3) is 0 Å². The van der Waals surface area contributed by atoms with Crippen LogP contribution >= 0.6 is 0 Å². The van der Waals surface area contributed by atoms with Gasteiger partial charge in [0.15, 0.2) is 0 Å². The molecule has 2 aliphatic rings. The number of rotatable bonds is 6. The highest BCUT2D eigenvalue weighted by atomic mass is 16.5. The van der Waals surface area contributed by atoms with Gasteiger partial charge in [-0.1, -0.05) is 26.5 Å². The predicted octanol–water partition coefficient (Wildman–Crippen LogP) is 3.59. The second-order valence-corrected chi connectivity index (χ2v) is 7.21. The molecular weight excluding hydrogens is 316 g/mol. The Bertz CT molecular complexity index is 687. The number of esters is 2. The molecule has 0 N–H and O–H groups in total. The first-order valence-corrected chi connectivity index (χ1v) is 8.60. The quantitative estimate of drug-likeness (QED) is 0.420. The average molecular weight is 342 g/mol. The standard InChI is InChI=1S/C21H26O4/c1-7-9-15-13(3)12-17(14(15)4)25-20(23)19-16(21(19,5)6)10-11-18(22)24-8-2/h1,10-11,16-17,19H,3,8-9,12H2,2,4-6H3/b11-10+. The molecule has 0 aromatic rings. The van der Waals surface area contributed by atoms with Crippen molar-refractivity contribution in [2.75, 3.05) is 6.61 Å². The molecule has 25 heavy (non-hydrogen) atoms. The van der Waals surface area contributed by atoms with E-state index in [1.165, 1.54) is 6.08 Å². The third-order valence-electron chi connectivity index (χ3n) is 5.25. The summed E-state index contributed by atoms with van der Waals surface area (Å²) >= 11 is 0. The van der Waals surface area contributed by atoms with Gasteiger partial charge in [0.25, 0.3) is 0 Å². The van der Waals surface area contributed by atoms with Crippen LogP contribution in [0.4, 0.5) is 0 Å². The Kier molecular flexibility index (Phi) is 5.57. The molecule has 0 spiro atoms. The molecule has 0 aromatic carbocycles. The van der Waals surface area contributed by atoms with Gasteiger partial charge in [0.1, 0.15) is 6.10 Å². The number of hydrogen-bond acceptors (Lipinski definition) is 4. The van der Waals surface area contributed by atoms with E-state index in [0.29, 0.717) is 19.4 Å². The highest BCUT2D eigenvalue weighted by Crippen LogP contribution is 2.59. The highest BCUT2D eigenvalue weighted by Gasteiger charge is 2.61. The van der Waals surface area contributed by atoms with Gasteiger partial charge in [-0.2, -0.15) is 0 Å². The molecule has 2 rings (SSSR count). The lowest BCUT2D eigenvalue weighted by Crippen LogP contribution is -2.20. The molecule has 2 aliphatic carbocycles. The smallest absolute Gasteiger partial charge is 0.330 e. The summed E-state index contributed by atoms with van der Waals surface area (Å²) in [5.74, 6) is 1.73. The molecule has 3 unspecified atom stereocenters. The summed E-state index contributed by atoms with van der Waals surface area (Å²) in [6.07, 6.45) is 9.38. The SMILES string of the molecule is C#CCC1=C(C)C(OC(=O)C2C(/C=C/C(=O)OCC)C2(C)C)CC1=C. The highest BCUT2D eigenvalue weighted by molar-refractivity contribution is 5.83. The molecule has 0 aromatic heterocycles. The van der Waals surface area contributed by atoms with E-state index in [1.807, 2.05) is 20.8 Å². The molecule has 0 radical (unpaired) electrons. The van der Waals surface area contributed by atoms with Gasteiger partial charge in [0, 0.05) is 18.9 Å². The van der Waals surface area contributed by atoms with Crippen LogP contribution in [-0.2, 0) is 19.1 Å². The van der Waals surface area contributed by atoms with Crippen molar-refractivity contribution in [3.8, 4) is 12.3 Å². The Labute approximate surface area is 150 Å². The molecule has 1 fully saturated rings. The van der Waals surface area contributed by atoms with Crippen LogP contribution in [0, 0.1) is 29.6 Å². The second kappa shape index (κ2) is 7.31. The molecule has 0 bridgehead atoms. The van der Waals surface area contributed by atoms with E-state index in [1.54, 1.807) is 13.0 Å². The fourth-order valence-electron chi connectivity index (χ4n) is 3.54. The Morgan fingerprint density at radius 1 is 1.44 bits per heavy atom.